The van der Waals surface area contributed by atoms with E-state index in [1.807, 2.05) is 24.3 Å². The number of rotatable bonds is 3. The Morgan fingerprint density at radius 2 is 1.71 bits per heavy atom. The lowest BCUT2D eigenvalue weighted by atomic mass is 10.0. The van der Waals surface area contributed by atoms with Gasteiger partial charge in [-0.3, -0.25) is 0 Å². The molecule has 1 aliphatic rings. The second-order valence-corrected chi connectivity index (χ2v) is 7.16. The normalized spacial score (nSPS) is 13.7. The first-order valence-electron chi connectivity index (χ1n) is 9.17. The number of carbonyl (C=O) groups excluding carboxylic acids is 1. The van der Waals surface area contributed by atoms with Crippen LogP contribution in [-0.2, 0) is 13.0 Å². The van der Waals surface area contributed by atoms with Crippen LogP contribution in [0, 0.1) is 0 Å². The first-order valence-corrected chi connectivity index (χ1v) is 9.17. The van der Waals surface area contributed by atoms with Gasteiger partial charge in [0.1, 0.15) is 12.1 Å². The van der Waals surface area contributed by atoms with Crippen molar-refractivity contribution in [1.29, 1.82) is 0 Å². The molecular weight excluding hydrogens is 354 g/mol. The van der Waals surface area contributed by atoms with Gasteiger partial charge in [-0.15, -0.1) is 4.98 Å². The van der Waals surface area contributed by atoms with E-state index in [9.17, 15) is 4.79 Å². The zero-order valence-electron chi connectivity index (χ0n) is 15.9. The summed E-state index contributed by atoms with van der Waals surface area (Å²) in [6.07, 6.45) is 1.92. The molecule has 0 atom stereocenters. The van der Waals surface area contributed by atoms with Gasteiger partial charge < -0.3 is 9.64 Å². The molecule has 2 aromatic carbocycles. The quantitative estimate of drug-likeness (QED) is 0.654. The summed E-state index contributed by atoms with van der Waals surface area (Å²) in [5, 5.41) is 0. The maximum Gasteiger partial charge on any atom is 0.528 e. The Morgan fingerprint density at radius 3 is 2.50 bits per heavy atom. The van der Waals surface area contributed by atoms with E-state index in [2.05, 4.69) is 38.1 Å². The fourth-order valence-electron chi connectivity index (χ4n) is 3.15. The van der Waals surface area contributed by atoms with Crippen LogP contribution in [-0.4, -0.2) is 41.7 Å². The lowest BCUT2D eigenvalue weighted by molar-refractivity contribution is 0.170. The largest absolute Gasteiger partial charge is 0.528 e. The van der Waals surface area contributed by atoms with Crippen molar-refractivity contribution < 1.29 is 9.53 Å². The minimum atomic E-state index is -0.465. The third-order valence-electron chi connectivity index (χ3n) is 4.86. The van der Waals surface area contributed by atoms with E-state index in [4.69, 9.17) is 4.74 Å². The topological polar surface area (TPSA) is 68.2 Å². The number of nitrogens with zero attached hydrogens (tertiary/aromatic N) is 5. The second kappa shape index (κ2) is 7.36. The smallest absolute Gasteiger partial charge is 0.380 e. The molecule has 0 spiro atoms. The highest BCUT2D eigenvalue weighted by Crippen LogP contribution is 2.24. The van der Waals surface area contributed by atoms with E-state index in [0.717, 1.165) is 19.5 Å². The predicted octanol–water partition coefficient (Wildman–Crippen LogP) is 3.20. The van der Waals surface area contributed by atoms with Gasteiger partial charge in [0.2, 0.25) is 5.95 Å². The number of quaternary nitrogens is 1. The van der Waals surface area contributed by atoms with Crippen molar-refractivity contribution in [2.75, 3.05) is 25.5 Å². The summed E-state index contributed by atoms with van der Waals surface area (Å²) in [5.41, 5.74) is 2.63. The standard InChI is InChI=1S/C21H22N5O2/c1-26(2,21(27)28-18-10-4-3-5-11-18)20-23-15-22-19(24-20)25-13-12-16-8-6-7-9-17(16)14-25/h3-11,15H,12-14H2,1-2H3/q+1. The minimum absolute atomic E-state index is 0.241. The molecule has 4 rings (SSSR count). The summed E-state index contributed by atoms with van der Waals surface area (Å²) in [6, 6.07) is 17.4. The van der Waals surface area contributed by atoms with Crippen molar-refractivity contribution in [3.8, 4) is 5.75 Å². The van der Waals surface area contributed by atoms with Crippen LogP contribution in [0.3, 0.4) is 0 Å². The summed E-state index contributed by atoms with van der Waals surface area (Å²) in [7, 11) is 3.41. The number of hydrogen-bond donors (Lipinski definition) is 0. The Kier molecular flexibility index (Phi) is 4.75. The summed E-state index contributed by atoms with van der Waals surface area (Å²) in [4.78, 5) is 28.0. The number of amides is 1. The number of anilines is 1. The first-order chi connectivity index (χ1) is 13.5. The van der Waals surface area contributed by atoms with Crippen LogP contribution in [0.4, 0.5) is 16.7 Å². The van der Waals surface area contributed by atoms with Crippen molar-refractivity contribution in [3.05, 3.63) is 72.1 Å². The van der Waals surface area contributed by atoms with Crippen LogP contribution in [0.25, 0.3) is 0 Å². The highest BCUT2D eigenvalue weighted by atomic mass is 16.6. The van der Waals surface area contributed by atoms with Crippen LogP contribution < -0.4 is 14.1 Å². The van der Waals surface area contributed by atoms with E-state index in [1.54, 1.807) is 26.2 Å². The molecular formula is C21H22N5O2+. The lowest BCUT2D eigenvalue weighted by Gasteiger charge is -2.29. The molecule has 7 heteroatoms. The third-order valence-corrected chi connectivity index (χ3v) is 4.86. The molecule has 1 aliphatic heterocycles. The van der Waals surface area contributed by atoms with Gasteiger partial charge >= 0.3 is 12.0 Å². The number of fused-ring (bicyclic) bond motifs is 1. The summed E-state index contributed by atoms with van der Waals surface area (Å²) in [5.74, 6) is 1.39. The Morgan fingerprint density at radius 1 is 1.00 bits per heavy atom. The number of para-hydroxylation sites is 1. The van der Waals surface area contributed by atoms with E-state index in [0.29, 0.717) is 17.6 Å². The van der Waals surface area contributed by atoms with Crippen LogP contribution in [0.2, 0.25) is 0 Å². The number of hydrogen-bond acceptors (Lipinski definition) is 6. The van der Waals surface area contributed by atoms with Gasteiger partial charge in [0, 0.05) is 13.1 Å². The zero-order valence-corrected chi connectivity index (χ0v) is 15.9. The molecule has 0 bridgehead atoms. The Hall–Kier alpha value is -3.32. The molecule has 1 amide bonds. The third kappa shape index (κ3) is 3.57. The molecule has 0 N–H and O–H groups in total. The molecule has 3 aromatic rings. The lowest BCUT2D eigenvalue weighted by Crippen LogP contribution is -2.50. The molecule has 0 radical (unpaired) electrons. The Balaban J connectivity index is 1.55. The molecule has 0 fully saturated rings. The second-order valence-electron chi connectivity index (χ2n) is 7.16. The number of aromatic nitrogens is 3. The highest BCUT2D eigenvalue weighted by molar-refractivity contribution is 5.81. The van der Waals surface area contributed by atoms with Crippen molar-refractivity contribution >= 4 is 18.0 Å². The maximum atomic E-state index is 12.7. The Labute approximate surface area is 163 Å². The molecule has 0 saturated heterocycles. The summed E-state index contributed by atoms with van der Waals surface area (Å²) in [6.45, 7) is 1.56. The fraction of sp³-hybridized carbons (Fsp3) is 0.238. The molecule has 142 valence electrons. The van der Waals surface area contributed by atoms with Gasteiger partial charge in [-0.1, -0.05) is 42.5 Å². The van der Waals surface area contributed by atoms with Gasteiger partial charge in [0.15, 0.2) is 0 Å². The van der Waals surface area contributed by atoms with E-state index in [-0.39, 0.29) is 4.48 Å². The molecule has 2 heterocycles. The van der Waals surface area contributed by atoms with E-state index >= 15 is 0 Å². The predicted molar refractivity (Wildman–Crippen MR) is 107 cm³/mol. The van der Waals surface area contributed by atoms with E-state index in [1.165, 1.54) is 17.5 Å². The van der Waals surface area contributed by atoms with Crippen molar-refractivity contribution in [3.63, 3.8) is 0 Å². The van der Waals surface area contributed by atoms with Gasteiger partial charge in [-0.25, -0.2) is 4.98 Å². The average Bonchev–Trinajstić information content (AvgIpc) is 2.74. The zero-order chi connectivity index (χ0) is 19.6. The van der Waals surface area contributed by atoms with Gasteiger partial charge in [0.05, 0.1) is 14.1 Å². The van der Waals surface area contributed by atoms with Crippen molar-refractivity contribution in [1.82, 2.24) is 19.4 Å². The number of carbonyl (C=O) groups is 1. The van der Waals surface area contributed by atoms with Crippen molar-refractivity contribution in [2.24, 2.45) is 0 Å². The van der Waals surface area contributed by atoms with Gasteiger partial charge in [-0.05, 0) is 29.7 Å². The summed E-state index contributed by atoms with van der Waals surface area (Å²) >= 11 is 0. The van der Waals surface area contributed by atoms with Crippen molar-refractivity contribution in [2.45, 2.75) is 13.0 Å². The van der Waals surface area contributed by atoms with Gasteiger partial charge in [-0.2, -0.15) is 14.3 Å². The van der Waals surface area contributed by atoms with Gasteiger partial charge in [0.25, 0.3) is 0 Å². The maximum absolute atomic E-state index is 12.7. The van der Waals surface area contributed by atoms with Crippen LogP contribution in [0.1, 0.15) is 11.1 Å². The molecule has 1 aromatic heterocycles. The number of ether oxygens (including phenoxy) is 1. The number of benzene rings is 2. The molecule has 7 nitrogen and oxygen atoms in total. The van der Waals surface area contributed by atoms with Crippen LogP contribution >= 0.6 is 0 Å². The molecule has 0 aliphatic carbocycles. The Bertz CT molecular complexity index is 991. The minimum Gasteiger partial charge on any atom is -0.380 e. The molecule has 28 heavy (non-hydrogen) atoms. The van der Waals surface area contributed by atoms with Crippen LogP contribution in [0.5, 0.6) is 5.75 Å². The van der Waals surface area contributed by atoms with E-state index < -0.39 is 6.09 Å². The fourth-order valence-corrected chi connectivity index (χ4v) is 3.15. The highest BCUT2D eigenvalue weighted by Gasteiger charge is 2.36. The first kappa shape index (κ1) is 18.1. The van der Waals surface area contributed by atoms with Crippen LogP contribution in [0.15, 0.2) is 60.9 Å². The average molecular weight is 376 g/mol. The molecule has 0 saturated carbocycles. The summed E-state index contributed by atoms with van der Waals surface area (Å²) < 4.78 is 5.24. The molecule has 0 unspecified atom stereocenters. The monoisotopic (exact) mass is 376 g/mol. The SMILES string of the molecule is C[N+](C)(C(=O)Oc1ccccc1)c1ncnc(N2CCc3ccccc3C2)n1.